The van der Waals surface area contributed by atoms with Gasteiger partial charge in [0, 0.05) is 12.1 Å². The van der Waals surface area contributed by atoms with Crippen LogP contribution in [0.2, 0.25) is 0 Å². The Hall–Kier alpha value is -3.47. The van der Waals surface area contributed by atoms with Crippen LogP contribution in [0.5, 0.6) is 11.5 Å². The van der Waals surface area contributed by atoms with Crippen molar-refractivity contribution < 1.29 is 23.9 Å². The van der Waals surface area contributed by atoms with Crippen LogP contribution in [0, 0.1) is 24.0 Å². The summed E-state index contributed by atoms with van der Waals surface area (Å²) in [5.41, 5.74) is 1.18. The van der Waals surface area contributed by atoms with Gasteiger partial charge in [0.2, 0.25) is 0 Å². The Bertz CT molecular complexity index is 1180. The number of nitrogens with one attached hydrogen (secondary N) is 1. The van der Waals surface area contributed by atoms with Gasteiger partial charge >= 0.3 is 5.97 Å². The monoisotopic (exact) mass is 460 g/mol. The number of nitro groups is 1. The molecule has 0 bridgehead atoms. The molecule has 3 aromatic rings. The van der Waals surface area contributed by atoms with Crippen LogP contribution in [-0.4, -0.2) is 48.2 Å². The topological polar surface area (TPSA) is 126 Å². The molecule has 10 nitrogen and oxygen atoms in total. The zero-order valence-electron chi connectivity index (χ0n) is 18.5. The number of carbonyl (C=O) groups is 1. The number of thiophene rings is 1. The molecule has 0 aliphatic heterocycles. The number of benzene rings is 1. The zero-order chi connectivity index (χ0) is 23.4. The molecule has 170 valence electrons. The molecule has 2 heterocycles. The largest absolute Gasteiger partial charge is 0.493 e. The van der Waals surface area contributed by atoms with Crippen LogP contribution >= 0.6 is 11.3 Å². The van der Waals surface area contributed by atoms with Crippen LogP contribution in [0.1, 0.15) is 33.5 Å². The molecule has 0 spiro atoms. The van der Waals surface area contributed by atoms with E-state index in [2.05, 4.69) is 15.3 Å². The van der Waals surface area contributed by atoms with Crippen LogP contribution in [0.15, 0.2) is 12.1 Å². The van der Waals surface area contributed by atoms with Crippen LogP contribution in [0.4, 0.5) is 11.5 Å². The second kappa shape index (κ2) is 9.77. The lowest BCUT2D eigenvalue weighted by Crippen LogP contribution is -2.10. The fraction of sp³-hybridized carbons (Fsp3) is 0.381. The molecule has 0 saturated carbocycles. The summed E-state index contributed by atoms with van der Waals surface area (Å²) in [6, 6.07) is 2.96. The maximum absolute atomic E-state index is 12.3. The summed E-state index contributed by atoms with van der Waals surface area (Å²) in [7, 11) is 2.91. The number of hydrogen-bond acceptors (Lipinski definition) is 10. The highest BCUT2D eigenvalue weighted by Crippen LogP contribution is 2.36. The summed E-state index contributed by atoms with van der Waals surface area (Å²) < 4.78 is 15.6. The number of hydrogen-bond donors (Lipinski definition) is 1. The molecule has 0 atom stereocenters. The molecule has 32 heavy (non-hydrogen) atoms. The van der Waals surface area contributed by atoms with Gasteiger partial charge in [0.25, 0.3) is 5.69 Å². The summed E-state index contributed by atoms with van der Waals surface area (Å²) in [4.78, 5) is 33.5. The number of carbonyl (C=O) groups excluding carboxylic acids is 1. The second-order valence-electron chi connectivity index (χ2n) is 6.85. The summed E-state index contributed by atoms with van der Waals surface area (Å²) in [5.74, 6) is 1.44. The van der Waals surface area contributed by atoms with Crippen molar-refractivity contribution in [3.63, 3.8) is 0 Å². The number of esters is 1. The Labute approximate surface area is 188 Å². The highest BCUT2D eigenvalue weighted by Gasteiger charge is 2.22. The van der Waals surface area contributed by atoms with Crippen molar-refractivity contribution in [3.05, 3.63) is 44.1 Å². The van der Waals surface area contributed by atoms with Gasteiger partial charge in [-0.1, -0.05) is 0 Å². The molecule has 0 aliphatic carbocycles. The van der Waals surface area contributed by atoms with Crippen molar-refractivity contribution in [2.75, 3.05) is 32.7 Å². The van der Waals surface area contributed by atoms with E-state index in [-0.39, 0.29) is 12.3 Å². The summed E-state index contributed by atoms with van der Waals surface area (Å²) >= 11 is 1.26. The third-order valence-corrected chi connectivity index (χ3v) is 6.00. The van der Waals surface area contributed by atoms with Crippen LogP contribution < -0.4 is 14.8 Å². The maximum Gasteiger partial charge on any atom is 0.348 e. The van der Waals surface area contributed by atoms with Gasteiger partial charge in [-0.15, -0.1) is 11.3 Å². The first-order valence-corrected chi connectivity index (χ1v) is 10.7. The van der Waals surface area contributed by atoms with Crippen molar-refractivity contribution in [2.45, 2.75) is 27.2 Å². The molecule has 1 aromatic carbocycles. The maximum atomic E-state index is 12.3. The van der Waals surface area contributed by atoms with Gasteiger partial charge in [-0.05, 0) is 38.8 Å². The van der Waals surface area contributed by atoms with Crippen molar-refractivity contribution >= 4 is 39.0 Å². The average Bonchev–Trinajstić information content (AvgIpc) is 3.09. The molecule has 2 aromatic heterocycles. The van der Waals surface area contributed by atoms with Crippen molar-refractivity contribution in [1.82, 2.24) is 9.97 Å². The van der Waals surface area contributed by atoms with E-state index in [4.69, 9.17) is 14.2 Å². The smallest absolute Gasteiger partial charge is 0.348 e. The Kier molecular flexibility index (Phi) is 7.08. The van der Waals surface area contributed by atoms with Gasteiger partial charge in [-0.3, -0.25) is 10.1 Å². The summed E-state index contributed by atoms with van der Waals surface area (Å²) in [6.07, 6.45) is 0.342. The second-order valence-corrected chi connectivity index (χ2v) is 7.85. The number of ether oxygens (including phenoxy) is 3. The molecule has 0 saturated heterocycles. The Morgan fingerprint density at radius 3 is 2.50 bits per heavy atom. The van der Waals surface area contributed by atoms with E-state index in [1.165, 1.54) is 31.6 Å². The Balaban J connectivity index is 1.90. The third-order valence-electron chi connectivity index (χ3n) is 4.83. The molecule has 0 unspecified atom stereocenters. The molecule has 1 N–H and O–H groups in total. The molecule has 3 rings (SSSR count). The van der Waals surface area contributed by atoms with Gasteiger partial charge in [0.15, 0.2) is 11.5 Å². The SMILES string of the molecule is CCOC(=O)c1sc2nc(C)nc(NCCc3cc(OC)c(OC)cc3[N+](=O)[O-])c2c1C. The van der Waals surface area contributed by atoms with E-state index in [0.29, 0.717) is 51.4 Å². The van der Waals surface area contributed by atoms with Gasteiger partial charge in [-0.2, -0.15) is 0 Å². The van der Waals surface area contributed by atoms with E-state index in [1.807, 2.05) is 6.92 Å². The van der Waals surface area contributed by atoms with E-state index in [0.717, 1.165) is 10.9 Å². The van der Waals surface area contributed by atoms with Gasteiger partial charge < -0.3 is 19.5 Å². The van der Waals surface area contributed by atoms with Crippen LogP contribution in [0.3, 0.4) is 0 Å². The molecule has 11 heteroatoms. The Morgan fingerprint density at radius 1 is 1.19 bits per heavy atom. The predicted molar refractivity (Wildman–Crippen MR) is 121 cm³/mol. The molecule has 0 radical (unpaired) electrons. The number of aromatic nitrogens is 2. The minimum atomic E-state index is -0.445. The lowest BCUT2D eigenvalue weighted by molar-refractivity contribution is -0.385. The van der Waals surface area contributed by atoms with Crippen LogP contribution in [0.25, 0.3) is 10.2 Å². The van der Waals surface area contributed by atoms with Gasteiger partial charge in [-0.25, -0.2) is 14.8 Å². The molecule has 0 aliphatic rings. The fourth-order valence-electron chi connectivity index (χ4n) is 3.36. The first kappa shape index (κ1) is 23.2. The number of fused-ring (bicyclic) bond motifs is 1. The van der Waals surface area contributed by atoms with Crippen LogP contribution in [-0.2, 0) is 11.2 Å². The predicted octanol–water partition coefficient (Wildman–Crippen LogP) is 4.06. The number of rotatable bonds is 9. The number of nitrogens with zero attached hydrogens (tertiary/aromatic N) is 3. The van der Waals surface area contributed by atoms with Gasteiger partial charge in [0.05, 0.1) is 37.2 Å². The quantitative estimate of drug-likeness (QED) is 0.286. The van der Waals surface area contributed by atoms with E-state index in [1.54, 1.807) is 19.9 Å². The third kappa shape index (κ3) is 4.57. The summed E-state index contributed by atoms with van der Waals surface area (Å²) in [5, 5.41) is 15.5. The number of nitro benzene ring substituents is 1. The molecule has 0 amide bonds. The molecular formula is C21H24N4O6S. The van der Waals surface area contributed by atoms with Gasteiger partial charge in [0.1, 0.15) is 21.3 Å². The minimum absolute atomic E-state index is 0.0511. The first-order valence-electron chi connectivity index (χ1n) is 9.88. The van der Waals surface area contributed by atoms with E-state index in [9.17, 15) is 14.9 Å². The lowest BCUT2D eigenvalue weighted by atomic mass is 10.1. The average molecular weight is 461 g/mol. The lowest BCUT2D eigenvalue weighted by Gasteiger charge is -2.12. The van der Waals surface area contributed by atoms with E-state index < -0.39 is 10.9 Å². The standard InChI is InChI=1S/C21H24N4O6S/c1-6-31-21(26)18-11(2)17-19(23-12(3)24-20(17)32-18)22-8-7-13-9-15(29-4)16(30-5)10-14(13)25(27)28/h9-10H,6-8H2,1-5H3,(H,22,23,24). The van der Waals surface area contributed by atoms with Crippen molar-refractivity contribution in [1.29, 1.82) is 0 Å². The molecule has 0 fully saturated rings. The normalized spacial score (nSPS) is 10.8. The highest BCUT2D eigenvalue weighted by molar-refractivity contribution is 7.20. The van der Waals surface area contributed by atoms with Crippen molar-refractivity contribution in [3.8, 4) is 11.5 Å². The molecular weight excluding hydrogens is 436 g/mol. The number of aryl methyl sites for hydroxylation is 2. The first-order chi connectivity index (χ1) is 15.3. The Morgan fingerprint density at radius 2 is 1.88 bits per heavy atom. The fourth-order valence-corrected chi connectivity index (χ4v) is 4.48. The summed E-state index contributed by atoms with van der Waals surface area (Å²) in [6.45, 7) is 6.00. The minimum Gasteiger partial charge on any atom is -0.493 e. The van der Waals surface area contributed by atoms with E-state index >= 15 is 0 Å². The highest BCUT2D eigenvalue weighted by atomic mass is 32.1. The number of methoxy groups -OCH3 is 2. The zero-order valence-corrected chi connectivity index (χ0v) is 19.3. The number of anilines is 1. The van der Waals surface area contributed by atoms with Crippen molar-refractivity contribution in [2.24, 2.45) is 0 Å².